The summed E-state index contributed by atoms with van der Waals surface area (Å²) in [5.41, 5.74) is 0. The van der Waals surface area contributed by atoms with E-state index in [2.05, 4.69) is 19.2 Å². The molecule has 3 nitrogen and oxygen atoms in total. The van der Waals surface area contributed by atoms with Crippen molar-refractivity contribution in [2.45, 2.75) is 26.7 Å². The van der Waals surface area contributed by atoms with Gasteiger partial charge in [0.1, 0.15) is 0 Å². The van der Waals surface area contributed by atoms with E-state index < -0.39 is 0 Å². The van der Waals surface area contributed by atoms with Gasteiger partial charge >= 0.3 is 0 Å². The van der Waals surface area contributed by atoms with Crippen molar-refractivity contribution in [1.82, 2.24) is 10.2 Å². The zero-order valence-electron chi connectivity index (χ0n) is 8.80. The molecule has 0 aromatic carbocycles. The van der Waals surface area contributed by atoms with Crippen molar-refractivity contribution in [3.63, 3.8) is 0 Å². The standard InChI is InChI=1S/C9H20N2O.ClH/c1-4-6-11(7-5-2)9(12)8-10-3;/h10H,4-8H2,1-3H3;1H. The first-order valence-electron chi connectivity index (χ1n) is 4.68. The predicted molar refractivity (Wildman–Crippen MR) is 58.3 cm³/mol. The molecule has 0 fully saturated rings. The van der Waals surface area contributed by atoms with Crippen molar-refractivity contribution in [2.75, 3.05) is 26.7 Å². The minimum absolute atomic E-state index is 0. The summed E-state index contributed by atoms with van der Waals surface area (Å²) in [6.07, 6.45) is 2.07. The summed E-state index contributed by atoms with van der Waals surface area (Å²) >= 11 is 0. The van der Waals surface area contributed by atoms with Crippen LogP contribution < -0.4 is 5.32 Å². The highest BCUT2D eigenvalue weighted by Gasteiger charge is 2.09. The highest BCUT2D eigenvalue weighted by Crippen LogP contribution is 1.94. The fourth-order valence-corrected chi connectivity index (χ4v) is 1.16. The summed E-state index contributed by atoms with van der Waals surface area (Å²) in [6, 6.07) is 0. The number of hydrogen-bond acceptors (Lipinski definition) is 2. The molecule has 0 atom stereocenters. The number of rotatable bonds is 6. The molecule has 1 N–H and O–H groups in total. The van der Waals surface area contributed by atoms with E-state index in [1.807, 2.05) is 4.90 Å². The molecule has 0 aromatic heterocycles. The largest absolute Gasteiger partial charge is 0.342 e. The molecule has 13 heavy (non-hydrogen) atoms. The molecule has 0 unspecified atom stereocenters. The van der Waals surface area contributed by atoms with Crippen LogP contribution in [-0.2, 0) is 4.79 Å². The van der Waals surface area contributed by atoms with Crippen LogP contribution in [0.2, 0.25) is 0 Å². The van der Waals surface area contributed by atoms with Crippen molar-refractivity contribution in [3.8, 4) is 0 Å². The van der Waals surface area contributed by atoms with Gasteiger partial charge in [-0.3, -0.25) is 4.79 Å². The summed E-state index contributed by atoms with van der Waals surface area (Å²) in [6.45, 7) is 6.41. The van der Waals surface area contributed by atoms with Gasteiger partial charge in [-0.25, -0.2) is 0 Å². The van der Waals surface area contributed by atoms with Gasteiger partial charge in [-0.1, -0.05) is 13.8 Å². The molecular weight excluding hydrogens is 188 g/mol. The van der Waals surface area contributed by atoms with Crippen LogP contribution in [0.3, 0.4) is 0 Å². The van der Waals surface area contributed by atoms with Crippen LogP contribution in [0.5, 0.6) is 0 Å². The Morgan fingerprint density at radius 2 is 1.69 bits per heavy atom. The molecular formula is C9H21ClN2O. The highest BCUT2D eigenvalue weighted by molar-refractivity contribution is 5.85. The molecule has 0 bridgehead atoms. The number of amides is 1. The van der Waals surface area contributed by atoms with Gasteiger partial charge in [-0.15, -0.1) is 12.4 Å². The SMILES string of the molecule is CCCN(CCC)C(=O)CNC.Cl. The van der Waals surface area contributed by atoms with Gasteiger partial charge < -0.3 is 10.2 Å². The van der Waals surface area contributed by atoms with E-state index in [0.29, 0.717) is 6.54 Å². The van der Waals surface area contributed by atoms with Crippen molar-refractivity contribution in [3.05, 3.63) is 0 Å². The minimum atomic E-state index is 0. The van der Waals surface area contributed by atoms with Crippen molar-refractivity contribution in [1.29, 1.82) is 0 Å². The molecule has 80 valence electrons. The summed E-state index contributed by atoms with van der Waals surface area (Å²) in [7, 11) is 1.80. The van der Waals surface area contributed by atoms with Gasteiger partial charge in [0.25, 0.3) is 0 Å². The van der Waals surface area contributed by atoms with Crippen LogP contribution in [-0.4, -0.2) is 37.5 Å². The number of hydrogen-bond donors (Lipinski definition) is 1. The van der Waals surface area contributed by atoms with Crippen molar-refractivity contribution < 1.29 is 4.79 Å². The average molecular weight is 209 g/mol. The zero-order chi connectivity index (χ0) is 9.40. The summed E-state index contributed by atoms with van der Waals surface area (Å²) in [5.74, 6) is 0.209. The summed E-state index contributed by atoms with van der Waals surface area (Å²) in [4.78, 5) is 13.3. The smallest absolute Gasteiger partial charge is 0.236 e. The number of nitrogens with zero attached hydrogens (tertiary/aromatic N) is 1. The predicted octanol–water partition coefficient (Wildman–Crippen LogP) is 1.28. The Kier molecular flexibility index (Phi) is 11.5. The fraction of sp³-hybridized carbons (Fsp3) is 0.889. The van der Waals surface area contributed by atoms with Gasteiger partial charge in [0.05, 0.1) is 6.54 Å². The Morgan fingerprint density at radius 3 is 2.00 bits per heavy atom. The van der Waals surface area contributed by atoms with Gasteiger partial charge in [-0.05, 0) is 19.9 Å². The normalized spacial score (nSPS) is 9.15. The third-order valence-corrected chi connectivity index (χ3v) is 1.67. The first kappa shape index (κ1) is 15.2. The van der Waals surface area contributed by atoms with Crippen LogP contribution in [0, 0.1) is 0 Å². The van der Waals surface area contributed by atoms with Crippen LogP contribution in [0.4, 0.5) is 0 Å². The topological polar surface area (TPSA) is 32.3 Å². The maximum Gasteiger partial charge on any atom is 0.236 e. The molecule has 0 saturated heterocycles. The quantitative estimate of drug-likeness (QED) is 0.713. The summed E-state index contributed by atoms with van der Waals surface area (Å²) in [5, 5.41) is 2.87. The van der Waals surface area contributed by atoms with Crippen molar-refractivity contribution >= 4 is 18.3 Å². The Hall–Kier alpha value is -0.280. The number of likely N-dealkylation sites (N-methyl/N-ethyl adjacent to an activating group) is 1. The first-order chi connectivity index (χ1) is 5.76. The van der Waals surface area contributed by atoms with E-state index in [1.54, 1.807) is 7.05 Å². The fourth-order valence-electron chi connectivity index (χ4n) is 1.16. The third-order valence-electron chi connectivity index (χ3n) is 1.67. The van der Waals surface area contributed by atoms with Crippen LogP contribution >= 0.6 is 12.4 Å². The van der Waals surface area contributed by atoms with E-state index in [1.165, 1.54) is 0 Å². The third kappa shape index (κ3) is 6.84. The second-order valence-electron chi connectivity index (χ2n) is 2.91. The van der Waals surface area contributed by atoms with E-state index in [9.17, 15) is 4.79 Å². The van der Waals surface area contributed by atoms with Crippen LogP contribution in [0.25, 0.3) is 0 Å². The minimum Gasteiger partial charge on any atom is -0.342 e. The lowest BCUT2D eigenvalue weighted by Crippen LogP contribution is -2.38. The molecule has 0 aliphatic rings. The van der Waals surface area contributed by atoms with Gasteiger partial charge in [0, 0.05) is 13.1 Å². The maximum atomic E-state index is 11.4. The Labute approximate surface area is 87.3 Å². The second kappa shape index (κ2) is 9.81. The lowest BCUT2D eigenvalue weighted by atomic mass is 10.3. The average Bonchev–Trinajstić information content (AvgIpc) is 2.04. The maximum absolute atomic E-state index is 11.4. The molecule has 0 rings (SSSR count). The second-order valence-corrected chi connectivity index (χ2v) is 2.91. The molecule has 4 heteroatoms. The van der Waals surface area contributed by atoms with Crippen LogP contribution in [0.15, 0.2) is 0 Å². The number of carbonyl (C=O) groups excluding carboxylic acids is 1. The Balaban J connectivity index is 0. The van der Waals surface area contributed by atoms with E-state index in [0.717, 1.165) is 25.9 Å². The molecule has 0 aliphatic carbocycles. The molecule has 0 aromatic rings. The van der Waals surface area contributed by atoms with Gasteiger partial charge in [0.2, 0.25) is 5.91 Å². The number of halogens is 1. The first-order valence-corrected chi connectivity index (χ1v) is 4.68. The Morgan fingerprint density at radius 1 is 1.23 bits per heavy atom. The van der Waals surface area contributed by atoms with Crippen LogP contribution in [0.1, 0.15) is 26.7 Å². The number of nitrogens with one attached hydrogen (secondary N) is 1. The molecule has 0 aliphatic heterocycles. The summed E-state index contributed by atoms with van der Waals surface area (Å²) < 4.78 is 0. The van der Waals surface area contributed by atoms with Gasteiger partial charge in [-0.2, -0.15) is 0 Å². The monoisotopic (exact) mass is 208 g/mol. The van der Waals surface area contributed by atoms with E-state index in [-0.39, 0.29) is 18.3 Å². The molecule has 0 radical (unpaired) electrons. The lowest BCUT2D eigenvalue weighted by molar-refractivity contribution is -0.130. The lowest BCUT2D eigenvalue weighted by Gasteiger charge is -2.21. The molecule has 0 saturated carbocycles. The van der Waals surface area contributed by atoms with Crippen molar-refractivity contribution in [2.24, 2.45) is 0 Å². The number of carbonyl (C=O) groups is 1. The molecule has 0 spiro atoms. The molecule has 1 amide bonds. The van der Waals surface area contributed by atoms with E-state index >= 15 is 0 Å². The zero-order valence-corrected chi connectivity index (χ0v) is 9.62. The molecule has 0 heterocycles. The highest BCUT2D eigenvalue weighted by atomic mass is 35.5. The Bertz CT molecular complexity index is 125. The van der Waals surface area contributed by atoms with E-state index in [4.69, 9.17) is 0 Å². The van der Waals surface area contributed by atoms with Gasteiger partial charge in [0.15, 0.2) is 0 Å².